The quantitative estimate of drug-likeness (QED) is 0.625. The molecule has 18 heavy (non-hydrogen) atoms. The van der Waals surface area contributed by atoms with Crippen molar-refractivity contribution in [3.8, 4) is 12.3 Å². The normalized spacial score (nSPS) is 11.6. The Bertz CT molecular complexity index is 563. The van der Waals surface area contributed by atoms with Crippen LogP contribution < -0.4 is 0 Å². The Labute approximate surface area is 105 Å². The van der Waals surface area contributed by atoms with E-state index in [0.717, 1.165) is 12.1 Å². The van der Waals surface area contributed by atoms with Crippen molar-refractivity contribution in [3.05, 3.63) is 29.3 Å². The SMILES string of the molecule is C#CCOS(=O)(=O)c1c(F)cc(C(C)C)cc1F. The molecule has 0 aliphatic heterocycles. The fourth-order valence-corrected chi connectivity index (χ4v) is 2.26. The van der Waals surface area contributed by atoms with Gasteiger partial charge in [0.1, 0.15) is 18.2 Å². The van der Waals surface area contributed by atoms with Crippen LogP contribution in [0.1, 0.15) is 25.3 Å². The summed E-state index contributed by atoms with van der Waals surface area (Å²) in [5, 5.41) is 0. The van der Waals surface area contributed by atoms with Gasteiger partial charge in [-0.1, -0.05) is 19.8 Å². The smallest absolute Gasteiger partial charge is 0.253 e. The summed E-state index contributed by atoms with van der Waals surface area (Å²) in [7, 11) is -4.52. The van der Waals surface area contributed by atoms with Crippen molar-refractivity contribution in [2.75, 3.05) is 6.61 Å². The Hall–Kier alpha value is -1.45. The van der Waals surface area contributed by atoms with Crippen LogP contribution in [0, 0.1) is 24.0 Å². The zero-order chi connectivity index (χ0) is 13.9. The van der Waals surface area contributed by atoms with E-state index in [1.165, 1.54) is 0 Å². The molecule has 0 aromatic heterocycles. The van der Waals surface area contributed by atoms with Crippen molar-refractivity contribution >= 4 is 10.1 Å². The predicted octanol–water partition coefficient (Wildman–Crippen LogP) is 2.43. The molecule has 0 N–H and O–H groups in total. The average Bonchev–Trinajstić information content (AvgIpc) is 2.24. The van der Waals surface area contributed by atoms with Gasteiger partial charge in [-0.2, -0.15) is 8.42 Å². The van der Waals surface area contributed by atoms with E-state index >= 15 is 0 Å². The highest BCUT2D eigenvalue weighted by molar-refractivity contribution is 7.86. The number of benzene rings is 1. The van der Waals surface area contributed by atoms with E-state index in [2.05, 4.69) is 4.18 Å². The third-order valence-electron chi connectivity index (χ3n) is 2.23. The monoisotopic (exact) mass is 274 g/mol. The zero-order valence-corrected chi connectivity index (χ0v) is 10.7. The van der Waals surface area contributed by atoms with Gasteiger partial charge < -0.3 is 0 Å². The van der Waals surface area contributed by atoms with Crippen LogP contribution in [-0.2, 0) is 14.3 Å². The van der Waals surface area contributed by atoms with E-state index in [9.17, 15) is 17.2 Å². The van der Waals surface area contributed by atoms with Gasteiger partial charge in [-0.3, -0.25) is 4.18 Å². The second kappa shape index (κ2) is 5.46. The number of rotatable bonds is 4. The van der Waals surface area contributed by atoms with Crippen molar-refractivity contribution in [2.24, 2.45) is 0 Å². The summed E-state index contributed by atoms with van der Waals surface area (Å²) in [4.78, 5) is -1.11. The van der Waals surface area contributed by atoms with Crippen molar-refractivity contribution in [2.45, 2.75) is 24.7 Å². The van der Waals surface area contributed by atoms with Gasteiger partial charge in [-0.15, -0.1) is 6.42 Å². The van der Waals surface area contributed by atoms with Gasteiger partial charge in [0.05, 0.1) is 0 Å². The molecule has 0 aliphatic rings. The molecule has 1 rings (SSSR count). The summed E-state index contributed by atoms with van der Waals surface area (Å²) in [5.41, 5.74) is 0.362. The first-order chi connectivity index (χ1) is 8.29. The first-order valence-electron chi connectivity index (χ1n) is 5.11. The van der Waals surface area contributed by atoms with E-state index in [4.69, 9.17) is 6.42 Å². The molecular formula is C12H12F2O3S. The minimum Gasteiger partial charge on any atom is -0.253 e. The topological polar surface area (TPSA) is 43.4 Å². The summed E-state index contributed by atoms with van der Waals surface area (Å²) in [6.07, 6.45) is 4.83. The summed E-state index contributed by atoms with van der Waals surface area (Å²) in [6.45, 7) is 2.89. The molecule has 0 saturated heterocycles. The molecule has 0 bridgehead atoms. The first kappa shape index (κ1) is 14.6. The summed E-state index contributed by atoms with van der Waals surface area (Å²) < 4.78 is 54.6. The molecule has 0 spiro atoms. The van der Waals surface area contributed by atoms with Crippen molar-refractivity contribution in [1.82, 2.24) is 0 Å². The Kier molecular flexibility index (Phi) is 4.43. The summed E-state index contributed by atoms with van der Waals surface area (Å²) >= 11 is 0. The van der Waals surface area contributed by atoms with E-state index in [0.29, 0.717) is 5.56 Å². The van der Waals surface area contributed by atoms with Crippen LogP contribution in [-0.4, -0.2) is 15.0 Å². The molecule has 0 saturated carbocycles. The van der Waals surface area contributed by atoms with E-state index in [-0.39, 0.29) is 5.92 Å². The van der Waals surface area contributed by atoms with E-state index in [1.807, 2.05) is 5.92 Å². The molecule has 0 heterocycles. The fraction of sp³-hybridized carbons (Fsp3) is 0.333. The zero-order valence-electron chi connectivity index (χ0n) is 9.91. The lowest BCUT2D eigenvalue weighted by Gasteiger charge is -2.10. The molecule has 0 atom stereocenters. The highest BCUT2D eigenvalue weighted by atomic mass is 32.2. The highest BCUT2D eigenvalue weighted by Gasteiger charge is 2.26. The molecule has 0 aliphatic carbocycles. The molecular weight excluding hydrogens is 262 g/mol. The van der Waals surface area contributed by atoms with Gasteiger partial charge in [-0.25, -0.2) is 8.78 Å². The second-order valence-corrected chi connectivity index (χ2v) is 5.44. The Morgan fingerprint density at radius 3 is 2.22 bits per heavy atom. The molecule has 1 aromatic carbocycles. The van der Waals surface area contributed by atoms with Gasteiger partial charge in [0.25, 0.3) is 0 Å². The molecule has 0 radical (unpaired) electrons. The molecule has 1 aromatic rings. The Morgan fingerprint density at radius 2 is 1.83 bits per heavy atom. The number of hydrogen-bond donors (Lipinski definition) is 0. The largest absolute Gasteiger partial charge is 0.303 e. The van der Waals surface area contributed by atoms with Gasteiger partial charge in [0.2, 0.25) is 0 Å². The lowest BCUT2D eigenvalue weighted by molar-refractivity contribution is 0.355. The third-order valence-corrected chi connectivity index (χ3v) is 3.55. The van der Waals surface area contributed by atoms with Crippen LogP contribution in [0.15, 0.2) is 17.0 Å². The minimum absolute atomic E-state index is 0.127. The van der Waals surface area contributed by atoms with Gasteiger partial charge in [0.15, 0.2) is 4.90 Å². The van der Waals surface area contributed by atoms with Crippen LogP contribution in [0.25, 0.3) is 0 Å². The maximum atomic E-state index is 13.6. The molecule has 0 fully saturated rings. The van der Waals surface area contributed by atoms with Crippen molar-refractivity contribution in [1.29, 1.82) is 0 Å². The van der Waals surface area contributed by atoms with Crippen molar-refractivity contribution < 1.29 is 21.4 Å². The molecule has 0 amide bonds. The van der Waals surface area contributed by atoms with E-state index in [1.54, 1.807) is 13.8 Å². The lowest BCUT2D eigenvalue weighted by Crippen LogP contribution is -2.12. The average molecular weight is 274 g/mol. The van der Waals surface area contributed by atoms with E-state index < -0.39 is 33.3 Å². The Morgan fingerprint density at radius 1 is 1.33 bits per heavy atom. The maximum absolute atomic E-state index is 13.6. The van der Waals surface area contributed by atoms with Crippen LogP contribution in [0.5, 0.6) is 0 Å². The highest BCUT2D eigenvalue weighted by Crippen LogP contribution is 2.25. The molecule has 0 unspecified atom stereocenters. The second-order valence-electron chi connectivity index (χ2n) is 3.89. The van der Waals surface area contributed by atoms with Crippen LogP contribution in [0.2, 0.25) is 0 Å². The molecule has 6 heteroatoms. The van der Waals surface area contributed by atoms with Gasteiger partial charge in [0, 0.05) is 0 Å². The van der Waals surface area contributed by atoms with Crippen LogP contribution in [0.3, 0.4) is 0 Å². The standard InChI is InChI=1S/C12H12F2O3S/c1-4-5-17-18(15,16)12-10(13)6-9(8(2)3)7-11(12)14/h1,6-8H,5H2,2-3H3. The van der Waals surface area contributed by atoms with Crippen LogP contribution >= 0.6 is 0 Å². The van der Waals surface area contributed by atoms with Gasteiger partial charge in [-0.05, 0) is 23.6 Å². The molecule has 98 valence electrons. The number of hydrogen-bond acceptors (Lipinski definition) is 3. The predicted molar refractivity (Wildman–Crippen MR) is 62.4 cm³/mol. The fourth-order valence-electron chi connectivity index (χ4n) is 1.32. The molecule has 3 nitrogen and oxygen atoms in total. The van der Waals surface area contributed by atoms with Crippen molar-refractivity contribution in [3.63, 3.8) is 0 Å². The van der Waals surface area contributed by atoms with Crippen LogP contribution in [0.4, 0.5) is 8.78 Å². The summed E-state index contributed by atoms with van der Waals surface area (Å²) in [6, 6.07) is 1.94. The van der Waals surface area contributed by atoms with Gasteiger partial charge >= 0.3 is 10.1 Å². The third kappa shape index (κ3) is 3.06. The summed E-state index contributed by atoms with van der Waals surface area (Å²) in [5.74, 6) is -0.581. The lowest BCUT2D eigenvalue weighted by atomic mass is 10.0. The number of halogens is 2. The minimum atomic E-state index is -4.52. The number of terminal acetylenes is 1. The maximum Gasteiger partial charge on any atom is 0.303 e. The Balaban J connectivity index is 3.31. The first-order valence-corrected chi connectivity index (χ1v) is 6.52.